The number of anilines is 1. The second kappa shape index (κ2) is 4.91. The van der Waals surface area contributed by atoms with Crippen molar-refractivity contribution in [2.45, 2.75) is 25.4 Å². The summed E-state index contributed by atoms with van der Waals surface area (Å²) >= 11 is 0.454. The molecule has 1 N–H and O–H groups in total. The highest BCUT2D eigenvalue weighted by atomic mass is 32.1. The van der Waals surface area contributed by atoms with Gasteiger partial charge >= 0.3 is 12.2 Å². The Bertz CT molecular complexity index is 504. The van der Waals surface area contributed by atoms with Gasteiger partial charge in [-0.15, -0.1) is 0 Å². The summed E-state index contributed by atoms with van der Waals surface area (Å²) in [5.41, 5.74) is 0. The van der Waals surface area contributed by atoms with E-state index in [2.05, 4.69) is 10.3 Å². The SMILES string of the molecule is O=C(Nc1ncc(C(F)(F)F)s1)N1C[C@H]2CCC[C@@H]2C1. The quantitative estimate of drug-likeness (QED) is 0.864. The lowest BCUT2D eigenvalue weighted by Crippen LogP contribution is -2.33. The molecule has 2 amide bonds. The van der Waals surface area contributed by atoms with Crippen molar-refractivity contribution >= 4 is 22.5 Å². The predicted molar refractivity (Wildman–Crippen MR) is 68.5 cm³/mol. The Balaban J connectivity index is 1.61. The molecule has 8 heteroatoms. The molecule has 2 fully saturated rings. The fraction of sp³-hybridized carbons (Fsp3) is 0.667. The van der Waals surface area contributed by atoms with Crippen LogP contribution in [0.1, 0.15) is 24.1 Å². The molecule has 0 unspecified atom stereocenters. The van der Waals surface area contributed by atoms with Gasteiger partial charge in [-0.3, -0.25) is 5.32 Å². The second-order valence-electron chi connectivity index (χ2n) is 5.31. The topological polar surface area (TPSA) is 45.2 Å². The average Bonchev–Trinajstić information content (AvgIpc) is 3.00. The van der Waals surface area contributed by atoms with E-state index in [9.17, 15) is 18.0 Å². The van der Waals surface area contributed by atoms with Gasteiger partial charge in [-0.1, -0.05) is 17.8 Å². The zero-order valence-corrected chi connectivity index (χ0v) is 11.4. The number of hydrogen-bond acceptors (Lipinski definition) is 3. The number of carbonyl (C=O) groups is 1. The van der Waals surface area contributed by atoms with E-state index >= 15 is 0 Å². The van der Waals surface area contributed by atoms with Gasteiger partial charge in [0, 0.05) is 13.1 Å². The summed E-state index contributed by atoms with van der Waals surface area (Å²) < 4.78 is 37.3. The zero-order valence-electron chi connectivity index (χ0n) is 10.6. The van der Waals surface area contributed by atoms with E-state index in [1.54, 1.807) is 4.90 Å². The number of aromatic nitrogens is 1. The molecule has 2 atom stereocenters. The maximum Gasteiger partial charge on any atom is 0.427 e. The van der Waals surface area contributed by atoms with Crippen LogP contribution >= 0.6 is 11.3 Å². The smallest absolute Gasteiger partial charge is 0.324 e. The maximum absolute atomic E-state index is 12.4. The number of halogens is 3. The Kier molecular flexibility index (Phi) is 3.35. The van der Waals surface area contributed by atoms with Crippen molar-refractivity contribution in [1.82, 2.24) is 9.88 Å². The van der Waals surface area contributed by atoms with Crippen molar-refractivity contribution in [2.75, 3.05) is 18.4 Å². The Morgan fingerprint density at radius 1 is 1.35 bits per heavy atom. The predicted octanol–water partition coefficient (Wildman–Crippen LogP) is 3.43. The summed E-state index contributed by atoms with van der Waals surface area (Å²) in [4.78, 5) is 16.5. The number of nitrogens with zero attached hydrogens (tertiary/aromatic N) is 2. The lowest BCUT2D eigenvalue weighted by molar-refractivity contribution is -0.134. The molecule has 3 rings (SSSR count). The molecule has 0 radical (unpaired) electrons. The molecular weight excluding hydrogens is 291 g/mol. The van der Waals surface area contributed by atoms with Crippen molar-refractivity contribution in [2.24, 2.45) is 11.8 Å². The van der Waals surface area contributed by atoms with Crippen molar-refractivity contribution < 1.29 is 18.0 Å². The Morgan fingerprint density at radius 2 is 2.00 bits per heavy atom. The van der Waals surface area contributed by atoms with Crippen LogP contribution in [0.2, 0.25) is 0 Å². The zero-order chi connectivity index (χ0) is 14.3. The number of carbonyl (C=O) groups excluding carboxylic acids is 1. The third-order valence-corrected chi connectivity index (χ3v) is 4.97. The van der Waals surface area contributed by atoms with E-state index in [0.717, 1.165) is 19.0 Å². The molecule has 1 aromatic rings. The largest absolute Gasteiger partial charge is 0.427 e. The number of hydrogen-bond donors (Lipinski definition) is 1. The first-order valence-electron chi connectivity index (χ1n) is 6.52. The standard InChI is InChI=1S/C12H14F3N3OS/c13-12(14,15)9-4-16-10(20-9)17-11(19)18-5-7-2-1-3-8(7)6-18/h4,7-8H,1-3,5-6H2,(H,16,17,19)/t7-,8-/m1/s1. The van der Waals surface area contributed by atoms with Gasteiger partial charge in [-0.2, -0.15) is 13.2 Å². The number of fused-ring (bicyclic) bond motifs is 1. The molecule has 1 saturated heterocycles. The molecule has 1 aliphatic carbocycles. The third-order valence-electron chi connectivity index (χ3n) is 4.01. The lowest BCUT2D eigenvalue weighted by Gasteiger charge is -2.16. The third kappa shape index (κ3) is 2.61. The highest BCUT2D eigenvalue weighted by Gasteiger charge is 2.38. The number of nitrogens with one attached hydrogen (secondary N) is 1. The molecule has 0 spiro atoms. The Morgan fingerprint density at radius 3 is 2.55 bits per heavy atom. The van der Waals surface area contributed by atoms with Crippen LogP contribution in [0.5, 0.6) is 0 Å². The van der Waals surface area contributed by atoms with Crippen LogP contribution in [0, 0.1) is 11.8 Å². The molecule has 110 valence electrons. The van der Waals surface area contributed by atoms with Gasteiger partial charge in [0.25, 0.3) is 0 Å². The van der Waals surface area contributed by atoms with Gasteiger partial charge in [-0.25, -0.2) is 9.78 Å². The van der Waals surface area contributed by atoms with Crippen molar-refractivity contribution in [3.05, 3.63) is 11.1 Å². The Hall–Kier alpha value is -1.31. The van der Waals surface area contributed by atoms with Crippen LogP contribution in [-0.4, -0.2) is 29.0 Å². The molecule has 1 aliphatic heterocycles. The highest BCUT2D eigenvalue weighted by Crippen LogP contribution is 2.38. The number of thiazole rings is 1. The van der Waals surface area contributed by atoms with E-state index in [1.165, 1.54) is 6.42 Å². The number of likely N-dealkylation sites (tertiary alicyclic amines) is 1. The minimum Gasteiger partial charge on any atom is -0.324 e. The van der Waals surface area contributed by atoms with Crippen LogP contribution in [0.3, 0.4) is 0 Å². The molecule has 1 aromatic heterocycles. The van der Waals surface area contributed by atoms with Gasteiger partial charge < -0.3 is 4.90 Å². The lowest BCUT2D eigenvalue weighted by atomic mass is 10.0. The highest BCUT2D eigenvalue weighted by molar-refractivity contribution is 7.15. The molecular formula is C12H14F3N3OS. The number of amides is 2. The van der Waals surface area contributed by atoms with Gasteiger partial charge in [0.15, 0.2) is 5.13 Å². The van der Waals surface area contributed by atoms with E-state index < -0.39 is 11.1 Å². The number of urea groups is 1. The molecule has 0 bridgehead atoms. The van der Waals surface area contributed by atoms with Gasteiger partial charge in [0.05, 0.1) is 6.20 Å². The molecule has 1 saturated carbocycles. The van der Waals surface area contributed by atoms with Crippen LogP contribution < -0.4 is 5.32 Å². The maximum atomic E-state index is 12.4. The second-order valence-corrected chi connectivity index (χ2v) is 6.34. The van der Waals surface area contributed by atoms with Crippen LogP contribution in [0.25, 0.3) is 0 Å². The number of alkyl halides is 3. The van der Waals surface area contributed by atoms with Gasteiger partial charge in [0.2, 0.25) is 0 Å². The average molecular weight is 305 g/mol. The van der Waals surface area contributed by atoms with Gasteiger partial charge in [0.1, 0.15) is 4.88 Å². The van der Waals surface area contributed by atoms with Crippen molar-refractivity contribution in [3.8, 4) is 0 Å². The first-order valence-corrected chi connectivity index (χ1v) is 7.34. The summed E-state index contributed by atoms with van der Waals surface area (Å²) in [5, 5.41) is 2.46. The summed E-state index contributed by atoms with van der Waals surface area (Å²) in [7, 11) is 0. The van der Waals surface area contributed by atoms with E-state index in [-0.39, 0.29) is 11.2 Å². The summed E-state index contributed by atoms with van der Waals surface area (Å²) in [5.74, 6) is 1.12. The first kappa shape index (κ1) is 13.7. The number of rotatable bonds is 1. The van der Waals surface area contributed by atoms with Crippen LogP contribution in [-0.2, 0) is 6.18 Å². The normalized spacial score (nSPS) is 25.9. The van der Waals surface area contributed by atoms with Crippen molar-refractivity contribution in [1.29, 1.82) is 0 Å². The minimum absolute atomic E-state index is 0.000570. The van der Waals surface area contributed by atoms with Crippen molar-refractivity contribution in [3.63, 3.8) is 0 Å². The fourth-order valence-electron chi connectivity index (χ4n) is 3.03. The van der Waals surface area contributed by atoms with E-state index in [0.29, 0.717) is 36.3 Å². The molecule has 2 aliphatic rings. The molecule has 2 heterocycles. The summed E-state index contributed by atoms with van der Waals surface area (Å²) in [6, 6.07) is -0.345. The van der Waals surface area contributed by atoms with Crippen LogP contribution in [0.4, 0.5) is 23.1 Å². The summed E-state index contributed by atoms with van der Waals surface area (Å²) in [6.45, 7) is 1.40. The Labute approximate surface area is 118 Å². The molecule has 0 aromatic carbocycles. The van der Waals surface area contributed by atoms with E-state index in [4.69, 9.17) is 0 Å². The molecule has 4 nitrogen and oxygen atoms in total. The summed E-state index contributed by atoms with van der Waals surface area (Å²) in [6.07, 6.45) is -0.162. The van der Waals surface area contributed by atoms with Gasteiger partial charge in [-0.05, 0) is 24.7 Å². The first-order chi connectivity index (χ1) is 9.43. The monoisotopic (exact) mass is 305 g/mol. The fourth-order valence-corrected chi connectivity index (χ4v) is 3.71. The minimum atomic E-state index is -4.41. The van der Waals surface area contributed by atoms with E-state index in [1.807, 2.05) is 0 Å². The molecule has 20 heavy (non-hydrogen) atoms. The van der Waals surface area contributed by atoms with Crippen LogP contribution in [0.15, 0.2) is 6.20 Å².